The molecule has 4 aromatic rings. The van der Waals surface area contributed by atoms with Crippen molar-refractivity contribution >= 4 is 21.6 Å². The lowest BCUT2D eigenvalue weighted by Gasteiger charge is -2.40. The molecule has 3 heterocycles. The van der Waals surface area contributed by atoms with Crippen molar-refractivity contribution in [3.05, 3.63) is 65.4 Å². The highest BCUT2D eigenvalue weighted by Crippen LogP contribution is 2.31. The monoisotopic (exact) mass is 559 g/mol. The zero-order chi connectivity index (χ0) is 27.6. The number of benzene rings is 2. The van der Waals surface area contributed by atoms with E-state index < -0.39 is 24.1 Å². The summed E-state index contributed by atoms with van der Waals surface area (Å²) in [7, 11) is 0. The van der Waals surface area contributed by atoms with Gasteiger partial charge in [0.25, 0.3) is 0 Å². The third-order valence-corrected chi connectivity index (χ3v) is 8.15. The molecule has 0 saturated carbocycles. The van der Waals surface area contributed by atoms with Crippen LogP contribution in [0.3, 0.4) is 0 Å². The average Bonchev–Trinajstić information content (AvgIpc) is 3.57. The molecule has 5 rings (SSSR count). The van der Waals surface area contributed by atoms with Gasteiger partial charge in [0.1, 0.15) is 11.9 Å². The molecule has 0 spiro atoms. The van der Waals surface area contributed by atoms with Gasteiger partial charge in [-0.2, -0.15) is 18.3 Å². The molecule has 2 aromatic heterocycles. The zero-order valence-electron chi connectivity index (χ0n) is 21.9. The van der Waals surface area contributed by atoms with Crippen LogP contribution in [-0.2, 0) is 19.1 Å². The van der Waals surface area contributed by atoms with Gasteiger partial charge < -0.3 is 9.84 Å². The average molecular weight is 560 g/mol. The molecule has 1 fully saturated rings. The van der Waals surface area contributed by atoms with Gasteiger partial charge in [-0.3, -0.25) is 14.5 Å². The van der Waals surface area contributed by atoms with E-state index in [1.807, 2.05) is 29.1 Å². The van der Waals surface area contributed by atoms with Crippen LogP contribution in [0.15, 0.2) is 54.9 Å². The van der Waals surface area contributed by atoms with Crippen molar-refractivity contribution in [2.45, 2.75) is 45.3 Å². The molecule has 0 aliphatic carbocycles. The van der Waals surface area contributed by atoms with Crippen molar-refractivity contribution in [1.29, 1.82) is 0 Å². The van der Waals surface area contributed by atoms with Crippen LogP contribution in [0.2, 0.25) is 0 Å². The molecule has 1 aliphatic rings. The molecule has 1 unspecified atom stereocenters. The maximum absolute atomic E-state index is 12.8. The smallest absolute Gasteiger partial charge is 0.416 e. The summed E-state index contributed by atoms with van der Waals surface area (Å²) >= 11 is 1.69. The second-order valence-corrected chi connectivity index (χ2v) is 10.9. The number of piperazine rings is 1. The minimum absolute atomic E-state index is 0.453. The number of hydrogen-bond donors (Lipinski definition) is 1. The molecule has 2 atom stereocenters. The Labute approximate surface area is 229 Å². The molecule has 7 nitrogen and oxygen atoms in total. The summed E-state index contributed by atoms with van der Waals surface area (Å²) in [4.78, 5) is 9.15. The number of aliphatic hydroxyl groups is 1. The number of aryl methyl sites for hydroxylation is 1. The number of halogens is 3. The number of nitrogens with zero attached hydrogens (tertiary/aromatic N) is 5. The fourth-order valence-electron chi connectivity index (χ4n) is 4.77. The normalized spacial score (nSPS) is 17.0. The number of alkyl halides is 3. The van der Waals surface area contributed by atoms with Gasteiger partial charge in [-0.25, -0.2) is 4.98 Å². The van der Waals surface area contributed by atoms with Crippen LogP contribution in [-0.4, -0.2) is 74.7 Å². The molecule has 39 heavy (non-hydrogen) atoms. The predicted molar refractivity (Wildman–Crippen MR) is 146 cm³/mol. The second-order valence-electron chi connectivity index (χ2n) is 9.78. The standard InChI is InChI=1S/C28H32F3N5O2S/c1-3-26-33-24-16-23(8-9-25(24)39-26)38-27(19(2)37)35-13-10-34(11-14-35)12-15-36-18-21(17-32-36)20-4-6-22(7-5-20)28(29,30)31/h4-9,16-19,27,37H,3,10-15H2,1-2H3/t19-,27?/m1/s1. The van der Waals surface area contributed by atoms with Gasteiger partial charge in [0, 0.05) is 50.6 Å². The maximum atomic E-state index is 12.8. The van der Waals surface area contributed by atoms with Crippen LogP contribution >= 0.6 is 11.3 Å². The summed E-state index contributed by atoms with van der Waals surface area (Å²) in [6.07, 6.45) is -1.02. The number of aliphatic hydroxyl groups excluding tert-OH is 1. The lowest BCUT2D eigenvalue weighted by molar-refractivity contribution is -0.137. The van der Waals surface area contributed by atoms with Crippen LogP contribution in [0.4, 0.5) is 13.2 Å². The molecule has 0 bridgehead atoms. The highest BCUT2D eigenvalue weighted by Gasteiger charge is 2.30. The summed E-state index contributed by atoms with van der Waals surface area (Å²) < 4.78 is 47.7. The highest BCUT2D eigenvalue weighted by molar-refractivity contribution is 7.18. The Hall–Kier alpha value is -2.99. The van der Waals surface area contributed by atoms with E-state index in [2.05, 4.69) is 26.8 Å². The second kappa shape index (κ2) is 11.6. The molecule has 1 saturated heterocycles. The summed E-state index contributed by atoms with van der Waals surface area (Å²) in [5.41, 5.74) is 1.75. The topological polar surface area (TPSA) is 66.7 Å². The molecular formula is C28H32F3N5O2S. The number of thiazole rings is 1. The Morgan fingerprint density at radius 1 is 1.03 bits per heavy atom. The van der Waals surface area contributed by atoms with E-state index in [1.54, 1.807) is 24.5 Å². The third-order valence-electron chi connectivity index (χ3n) is 6.97. The SMILES string of the molecule is CCc1nc2cc(OC([C@@H](C)O)N3CCN(CCn4cc(-c5ccc(C(F)(F)F)cc5)cn4)CC3)ccc2s1. The van der Waals surface area contributed by atoms with Gasteiger partial charge in [0.15, 0.2) is 6.23 Å². The first kappa shape index (κ1) is 27.6. The Bertz CT molecular complexity index is 1380. The Morgan fingerprint density at radius 3 is 2.44 bits per heavy atom. The summed E-state index contributed by atoms with van der Waals surface area (Å²) in [5.74, 6) is 0.700. The quantitative estimate of drug-likeness (QED) is 0.306. The first-order valence-corrected chi connectivity index (χ1v) is 13.9. The van der Waals surface area contributed by atoms with Crippen LogP contribution in [0.25, 0.3) is 21.3 Å². The van der Waals surface area contributed by atoms with E-state index in [0.717, 1.165) is 72.1 Å². The summed E-state index contributed by atoms with van der Waals surface area (Å²) in [6.45, 7) is 8.46. The van der Waals surface area contributed by atoms with Gasteiger partial charge in [-0.05, 0) is 43.2 Å². The van der Waals surface area contributed by atoms with Crippen LogP contribution in [0.1, 0.15) is 24.4 Å². The highest BCUT2D eigenvalue weighted by atomic mass is 32.1. The van der Waals surface area contributed by atoms with E-state index in [4.69, 9.17) is 4.74 Å². The fourth-order valence-corrected chi connectivity index (χ4v) is 5.66. The number of rotatable bonds is 9. The minimum Gasteiger partial charge on any atom is -0.472 e. The molecule has 0 amide bonds. The van der Waals surface area contributed by atoms with Gasteiger partial charge in [0.05, 0.1) is 33.5 Å². The van der Waals surface area contributed by atoms with Crippen molar-refractivity contribution in [3.63, 3.8) is 0 Å². The van der Waals surface area contributed by atoms with E-state index in [1.165, 1.54) is 12.1 Å². The Kier molecular flexibility index (Phi) is 8.22. The minimum atomic E-state index is -4.34. The predicted octanol–water partition coefficient (Wildman–Crippen LogP) is 5.14. The van der Waals surface area contributed by atoms with E-state index in [9.17, 15) is 18.3 Å². The van der Waals surface area contributed by atoms with Gasteiger partial charge in [-0.15, -0.1) is 11.3 Å². The molecule has 0 radical (unpaired) electrons. The fraction of sp³-hybridized carbons (Fsp3) is 0.429. The van der Waals surface area contributed by atoms with Gasteiger partial charge in [-0.1, -0.05) is 19.1 Å². The number of ether oxygens (including phenoxy) is 1. The zero-order valence-corrected chi connectivity index (χ0v) is 22.8. The number of fused-ring (bicyclic) bond motifs is 1. The van der Waals surface area contributed by atoms with E-state index >= 15 is 0 Å². The van der Waals surface area contributed by atoms with Crippen LogP contribution in [0.5, 0.6) is 5.75 Å². The molecule has 1 aliphatic heterocycles. The molecule has 11 heteroatoms. The molecule has 1 N–H and O–H groups in total. The van der Waals surface area contributed by atoms with Crippen molar-refractivity contribution in [3.8, 4) is 16.9 Å². The Balaban J connectivity index is 1.13. The van der Waals surface area contributed by atoms with Crippen molar-refractivity contribution in [2.24, 2.45) is 0 Å². The summed E-state index contributed by atoms with van der Waals surface area (Å²) in [6, 6.07) is 11.0. The van der Waals surface area contributed by atoms with Crippen LogP contribution in [0, 0.1) is 0 Å². The first-order valence-electron chi connectivity index (χ1n) is 13.1. The van der Waals surface area contributed by atoms with Crippen LogP contribution < -0.4 is 4.74 Å². The van der Waals surface area contributed by atoms with Crippen molar-refractivity contribution in [1.82, 2.24) is 24.6 Å². The third kappa shape index (κ3) is 6.60. The molecule has 208 valence electrons. The maximum Gasteiger partial charge on any atom is 0.416 e. The largest absolute Gasteiger partial charge is 0.472 e. The van der Waals surface area contributed by atoms with Gasteiger partial charge >= 0.3 is 6.18 Å². The lowest BCUT2D eigenvalue weighted by Crippen LogP contribution is -2.55. The number of hydrogen-bond acceptors (Lipinski definition) is 7. The van der Waals surface area contributed by atoms with E-state index in [0.29, 0.717) is 17.9 Å². The summed E-state index contributed by atoms with van der Waals surface area (Å²) in [5, 5.41) is 16.0. The molecule has 2 aromatic carbocycles. The van der Waals surface area contributed by atoms with E-state index in [-0.39, 0.29) is 0 Å². The lowest BCUT2D eigenvalue weighted by atomic mass is 10.1. The number of aromatic nitrogens is 3. The van der Waals surface area contributed by atoms with Crippen molar-refractivity contribution < 1.29 is 23.0 Å². The van der Waals surface area contributed by atoms with Crippen molar-refractivity contribution in [2.75, 3.05) is 32.7 Å². The first-order chi connectivity index (χ1) is 18.7. The molecular weight excluding hydrogens is 527 g/mol. The van der Waals surface area contributed by atoms with Gasteiger partial charge in [0.2, 0.25) is 0 Å². The Morgan fingerprint density at radius 2 is 1.77 bits per heavy atom.